The predicted octanol–water partition coefficient (Wildman–Crippen LogP) is 7.74. The third-order valence-electron chi connectivity index (χ3n) is 8.02. The Morgan fingerprint density at radius 1 is 0.848 bits per heavy atom. The van der Waals surface area contributed by atoms with Crippen LogP contribution < -0.4 is 4.57 Å². The van der Waals surface area contributed by atoms with Gasteiger partial charge in [0.25, 0.3) is 5.65 Å². The molecule has 33 heavy (non-hydrogen) atoms. The zero-order valence-corrected chi connectivity index (χ0v) is 21.1. The van der Waals surface area contributed by atoms with E-state index in [1.54, 1.807) is 0 Å². The van der Waals surface area contributed by atoms with Crippen molar-refractivity contribution in [3.63, 3.8) is 0 Å². The molecule has 0 amide bonds. The van der Waals surface area contributed by atoms with Gasteiger partial charge in [0.15, 0.2) is 5.69 Å². The first-order valence-electron chi connectivity index (χ1n) is 12.2. The van der Waals surface area contributed by atoms with Gasteiger partial charge in [-0.1, -0.05) is 68.8 Å². The number of rotatable bonds is 4. The van der Waals surface area contributed by atoms with Gasteiger partial charge < -0.3 is 0 Å². The highest BCUT2D eigenvalue weighted by Gasteiger charge is 2.31. The van der Waals surface area contributed by atoms with Crippen LogP contribution in [0.3, 0.4) is 0 Å². The number of nitrogens with zero attached hydrogens (tertiary/aromatic N) is 2. The molecule has 0 bridgehead atoms. The fourth-order valence-electron chi connectivity index (χ4n) is 5.71. The minimum atomic E-state index is 0.132. The van der Waals surface area contributed by atoms with Crippen molar-refractivity contribution >= 4 is 27.3 Å². The fourth-order valence-corrected chi connectivity index (χ4v) is 5.71. The van der Waals surface area contributed by atoms with Crippen LogP contribution in [0, 0.1) is 20.8 Å². The SMILES string of the molecule is CCC(C)(CC)c1cccc2c3cc(C)ccc3n3c(-c4c(C)cccc4C)c[n+](C)c3c12. The summed E-state index contributed by atoms with van der Waals surface area (Å²) < 4.78 is 4.86. The van der Waals surface area contributed by atoms with Crippen LogP contribution >= 0.6 is 0 Å². The first-order valence-corrected chi connectivity index (χ1v) is 12.2. The molecule has 2 heterocycles. The molecule has 0 aliphatic heterocycles. The molecule has 168 valence electrons. The number of benzene rings is 3. The van der Waals surface area contributed by atoms with Crippen molar-refractivity contribution in [3.8, 4) is 11.3 Å². The second kappa shape index (κ2) is 7.73. The second-order valence-electron chi connectivity index (χ2n) is 10.1. The summed E-state index contributed by atoms with van der Waals surface area (Å²) in [4.78, 5) is 0. The van der Waals surface area contributed by atoms with Gasteiger partial charge in [0, 0.05) is 16.3 Å². The summed E-state index contributed by atoms with van der Waals surface area (Å²) in [7, 11) is 2.21. The van der Waals surface area contributed by atoms with E-state index in [1.165, 1.54) is 60.8 Å². The highest BCUT2D eigenvalue weighted by Crippen LogP contribution is 2.41. The summed E-state index contributed by atoms with van der Waals surface area (Å²) in [5.74, 6) is 0. The topological polar surface area (TPSA) is 8.29 Å². The predicted molar refractivity (Wildman–Crippen MR) is 141 cm³/mol. The first kappa shape index (κ1) is 21.7. The maximum Gasteiger partial charge on any atom is 0.295 e. The molecule has 2 nitrogen and oxygen atoms in total. The Balaban J connectivity index is 2.10. The van der Waals surface area contributed by atoms with Gasteiger partial charge in [-0.25, -0.2) is 4.57 Å². The summed E-state index contributed by atoms with van der Waals surface area (Å²) in [5, 5.41) is 4.08. The lowest BCUT2D eigenvalue weighted by Crippen LogP contribution is -2.27. The minimum absolute atomic E-state index is 0.132. The van der Waals surface area contributed by atoms with E-state index in [0.717, 1.165) is 12.8 Å². The molecular weight excluding hydrogens is 400 g/mol. The van der Waals surface area contributed by atoms with Crippen LogP contribution in [0.2, 0.25) is 0 Å². The molecule has 5 rings (SSSR count). The molecule has 0 atom stereocenters. The van der Waals surface area contributed by atoms with Gasteiger partial charge in [0.1, 0.15) is 11.7 Å². The molecule has 5 aromatic rings. The average Bonchev–Trinajstić information content (AvgIpc) is 3.14. The Kier molecular flexibility index (Phi) is 5.08. The molecule has 0 aliphatic carbocycles. The van der Waals surface area contributed by atoms with Crippen molar-refractivity contribution in [1.29, 1.82) is 0 Å². The van der Waals surface area contributed by atoms with Gasteiger partial charge >= 0.3 is 0 Å². The summed E-state index contributed by atoms with van der Waals surface area (Å²) >= 11 is 0. The zero-order valence-electron chi connectivity index (χ0n) is 21.1. The molecule has 3 aromatic carbocycles. The molecule has 0 aliphatic rings. The van der Waals surface area contributed by atoms with Crippen LogP contribution in [0.5, 0.6) is 0 Å². The Labute approximate surface area is 197 Å². The van der Waals surface area contributed by atoms with Gasteiger partial charge in [-0.15, -0.1) is 0 Å². The van der Waals surface area contributed by atoms with Crippen LogP contribution in [-0.4, -0.2) is 4.40 Å². The van der Waals surface area contributed by atoms with E-state index in [4.69, 9.17) is 0 Å². The van der Waals surface area contributed by atoms with Crippen LogP contribution in [0.25, 0.3) is 38.6 Å². The summed E-state index contributed by atoms with van der Waals surface area (Å²) in [6, 6.07) is 20.5. The van der Waals surface area contributed by atoms with Crippen LogP contribution in [0.4, 0.5) is 0 Å². The Morgan fingerprint density at radius 3 is 2.18 bits per heavy atom. The number of aromatic nitrogens is 2. The van der Waals surface area contributed by atoms with Crippen molar-refractivity contribution in [2.45, 2.75) is 59.8 Å². The van der Waals surface area contributed by atoms with Gasteiger partial charge in [-0.3, -0.25) is 0 Å². The van der Waals surface area contributed by atoms with E-state index in [1.807, 2.05) is 0 Å². The molecule has 0 unspecified atom stereocenters. The summed E-state index contributed by atoms with van der Waals surface area (Å²) in [6.45, 7) is 13.7. The number of hydrogen-bond donors (Lipinski definition) is 0. The van der Waals surface area contributed by atoms with E-state index < -0.39 is 0 Å². The van der Waals surface area contributed by atoms with Crippen molar-refractivity contribution in [1.82, 2.24) is 4.40 Å². The fraction of sp³-hybridized carbons (Fsp3) is 0.323. The quantitative estimate of drug-likeness (QED) is 0.201. The Bertz CT molecular complexity index is 1510. The Morgan fingerprint density at radius 2 is 1.52 bits per heavy atom. The highest BCUT2D eigenvalue weighted by molar-refractivity contribution is 6.13. The largest absolute Gasteiger partial charge is 0.295 e. The number of hydrogen-bond acceptors (Lipinski definition) is 0. The van der Waals surface area contributed by atoms with E-state index in [0.29, 0.717) is 0 Å². The number of pyridine rings is 1. The monoisotopic (exact) mass is 435 g/mol. The first-order chi connectivity index (χ1) is 15.8. The third kappa shape index (κ3) is 3.11. The van der Waals surface area contributed by atoms with Crippen molar-refractivity contribution in [2.75, 3.05) is 0 Å². The maximum absolute atomic E-state index is 2.52. The van der Waals surface area contributed by atoms with Crippen LogP contribution in [-0.2, 0) is 12.5 Å². The number of fused-ring (bicyclic) bond motifs is 6. The molecule has 0 spiro atoms. The van der Waals surface area contributed by atoms with E-state index in [2.05, 4.69) is 118 Å². The molecule has 0 radical (unpaired) electrons. The van der Waals surface area contributed by atoms with Gasteiger partial charge in [-0.2, -0.15) is 4.40 Å². The second-order valence-corrected chi connectivity index (χ2v) is 10.1. The van der Waals surface area contributed by atoms with E-state index >= 15 is 0 Å². The third-order valence-corrected chi connectivity index (χ3v) is 8.02. The maximum atomic E-state index is 2.52. The van der Waals surface area contributed by atoms with Crippen molar-refractivity contribution < 1.29 is 4.57 Å². The van der Waals surface area contributed by atoms with Crippen molar-refractivity contribution in [2.24, 2.45) is 7.05 Å². The van der Waals surface area contributed by atoms with Crippen LogP contribution in [0.1, 0.15) is 55.9 Å². The molecule has 0 N–H and O–H groups in total. The van der Waals surface area contributed by atoms with Gasteiger partial charge in [-0.05, 0) is 67.9 Å². The number of aryl methyl sites for hydroxylation is 4. The lowest BCUT2D eigenvalue weighted by Gasteiger charge is -2.28. The van der Waals surface area contributed by atoms with Crippen molar-refractivity contribution in [3.05, 3.63) is 83.0 Å². The molecular formula is C31H35N2+. The standard InChI is InChI=1S/C31H35N2/c1-8-31(6,9-2)25-15-11-14-23-24-18-20(3)16-17-26(24)33-27(19-32(7)30(33)29(23)25)28-21(4)12-10-13-22(28)5/h10-19H,8-9H2,1-7H3/q+1. The molecule has 2 heteroatoms. The van der Waals surface area contributed by atoms with Gasteiger partial charge in [0.2, 0.25) is 0 Å². The number of imidazole rings is 1. The lowest BCUT2D eigenvalue weighted by molar-refractivity contribution is -0.643. The highest BCUT2D eigenvalue weighted by atomic mass is 15.1. The van der Waals surface area contributed by atoms with E-state index in [9.17, 15) is 0 Å². The smallest absolute Gasteiger partial charge is 0.232 e. The summed E-state index contributed by atoms with van der Waals surface area (Å²) in [5.41, 5.74) is 10.7. The summed E-state index contributed by atoms with van der Waals surface area (Å²) in [6.07, 6.45) is 4.57. The van der Waals surface area contributed by atoms with Gasteiger partial charge in [0.05, 0.1) is 12.4 Å². The minimum Gasteiger partial charge on any atom is -0.232 e. The molecule has 0 saturated heterocycles. The van der Waals surface area contributed by atoms with Crippen LogP contribution in [0.15, 0.2) is 60.8 Å². The normalized spacial score (nSPS) is 12.3. The molecule has 0 saturated carbocycles. The lowest BCUT2D eigenvalue weighted by atomic mass is 9.75. The zero-order chi connectivity index (χ0) is 23.5. The molecule has 2 aromatic heterocycles. The Hall–Kier alpha value is -3.13. The average molecular weight is 436 g/mol. The van der Waals surface area contributed by atoms with E-state index in [-0.39, 0.29) is 5.41 Å². The molecule has 0 fully saturated rings.